The number of carboxylic acid groups (broad SMARTS) is 1. The summed E-state index contributed by atoms with van der Waals surface area (Å²) in [6.07, 6.45) is -0.475. The van der Waals surface area contributed by atoms with E-state index >= 15 is 0 Å². The van der Waals surface area contributed by atoms with E-state index in [0.717, 1.165) is 35.8 Å². The number of carbonyl (C=O) groups is 1. The lowest BCUT2D eigenvalue weighted by Gasteiger charge is -2.31. The number of hydrogen-bond donors (Lipinski definition) is 5. The van der Waals surface area contributed by atoms with Gasteiger partial charge >= 0.3 is 5.97 Å². The molecule has 0 amide bonds. The van der Waals surface area contributed by atoms with Crippen LogP contribution in [0, 0.1) is 0 Å². The number of aliphatic hydroxyl groups is 3. The molecule has 0 spiro atoms. The van der Waals surface area contributed by atoms with E-state index in [-0.39, 0.29) is 0 Å². The molecule has 1 aliphatic heterocycles. The second-order valence-electron chi connectivity index (χ2n) is 8.12. The van der Waals surface area contributed by atoms with Crippen LogP contribution in [0.15, 0.2) is 48.5 Å². The minimum atomic E-state index is -1.21. The van der Waals surface area contributed by atoms with Crippen molar-refractivity contribution in [2.24, 2.45) is 5.73 Å². The minimum absolute atomic E-state index is 0.341. The first-order valence-electron chi connectivity index (χ1n) is 11.5. The lowest BCUT2D eigenvalue weighted by molar-refractivity contribution is -0.149. The number of anilines is 1. The highest BCUT2D eigenvalue weighted by molar-refractivity contribution is 5.72. The Kier molecular flexibility index (Phi) is 11.7. The molecule has 35 heavy (non-hydrogen) atoms. The van der Waals surface area contributed by atoms with Gasteiger partial charge in [0, 0.05) is 13.0 Å². The van der Waals surface area contributed by atoms with E-state index in [9.17, 15) is 4.79 Å². The fraction of sp³-hybridized carbons (Fsp3) is 0.480. The molecule has 1 unspecified atom stereocenters. The van der Waals surface area contributed by atoms with Crippen molar-refractivity contribution in [2.45, 2.75) is 25.0 Å². The molecule has 0 aliphatic carbocycles. The Labute approximate surface area is 205 Å². The van der Waals surface area contributed by atoms with Crippen LogP contribution in [0.4, 0.5) is 5.69 Å². The van der Waals surface area contributed by atoms with E-state index in [1.807, 2.05) is 42.5 Å². The highest BCUT2D eigenvalue weighted by Gasteiger charge is 2.21. The number of para-hydroxylation sites is 2. The molecule has 10 nitrogen and oxygen atoms in total. The third-order valence-electron chi connectivity index (χ3n) is 5.39. The van der Waals surface area contributed by atoms with Crippen LogP contribution < -0.4 is 20.1 Å². The van der Waals surface area contributed by atoms with Gasteiger partial charge in [0.1, 0.15) is 24.7 Å². The molecule has 0 fully saturated rings. The van der Waals surface area contributed by atoms with Crippen LogP contribution >= 0.6 is 0 Å². The molecule has 0 saturated heterocycles. The van der Waals surface area contributed by atoms with Gasteiger partial charge in [0.2, 0.25) is 0 Å². The van der Waals surface area contributed by atoms with Gasteiger partial charge < -0.3 is 45.3 Å². The van der Waals surface area contributed by atoms with Crippen molar-refractivity contribution in [1.82, 2.24) is 0 Å². The number of benzene rings is 2. The van der Waals surface area contributed by atoms with Gasteiger partial charge in [-0.2, -0.15) is 0 Å². The van der Waals surface area contributed by atoms with Crippen molar-refractivity contribution in [3.63, 3.8) is 0 Å². The molecule has 0 saturated carbocycles. The zero-order valence-corrected chi connectivity index (χ0v) is 20.0. The number of rotatable bonds is 12. The first-order chi connectivity index (χ1) is 16.9. The maximum Gasteiger partial charge on any atom is 0.333 e. The maximum absolute atomic E-state index is 11.2. The molecule has 6 N–H and O–H groups in total. The van der Waals surface area contributed by atoms with Crippen molar-refractivity contribution in [1.29, 1.82) is 0 Å². The van der Waals surface area contributed by atoms with Gasteiger partial charge in [-0.1, -0.05) is 24.3 Å². The fourth-order valence-electron chi connectivity index (χ4n) is 3.24. The average Bonchev–Trinajstić information content (AvgIpc) is 2.89. The van der Waals surface area contributed by atoms with Crippen LogP contribution in [-0.4, -0.2) is 90.8 Å². The number of hydrogen-bond acceptors (Lipinski definition) is 9. The summed E-state index contributed by atoms with van der Waals surface area (Å²) in [5, 5.41) is 34.2. The summed E-state index contributed by atoms with van der Waals surface area (Å²) in [5.74, 6) is 0.738. The average molecular weight is 493 g/mol. The summed E-state index contributed by atoms with van der Waals surface area (Å²) in [5.41, 5.74) is 5.94. The third kappa shape index (κ3) is 9.00. The van der Waals surface area contributed by atoms with Crippen LogP contribution in [0.5, 0.6) is 11.5 Å². The van der Waals surface area contributed by atoms with Gasteiger partial charge in [-0.15, -0.1) is 0 Å². The van der Waals surface area contributed by atoms with Crippen LogP contribution in [0.1, 0.15) is 12.5 Å². The van der Waals surface area contributed by atoms with Crippen LogP contribution in [0.25, 0.3) is 0 Å². The monoisotopic (exact) mass is 492 g/mol. The second kappa shape index (κ2) is 14.5. The number of ether oxygens (including phenoxy) is 3. The maximum atomic E-state index is 11.2. The molecule has 2 aromatic carbocycles. The summed E-state index contributed by atoms with van der Waals surface area (Å²) in [6, 6.07) is 15.5. The van der Waals surface area contributed by atoms with Crippen LogP contribution in [-0.2, 0) is 16.0 Å². The number of nitrogens with two attached hydrogens (primary N) is 1. The quantitative estimate of drug-likeness (QED) is 0.285. The Bertz CT molecular complexity index is 881. The van der Waals surface area contributed by atoms with Crippen LogP contribution in [0.2, 0.25) is 0 Å². The molecule has 0 bridgehead atoms. The van der Waals surface area contributed by atoms with Crippen molar-refractivity contribution in [3.05, 3.63) is 54.1 Å². The second-order valence-corrected chi connectivity index (χ2v) is 8.12. The number of nitrogens with zero attached hydrogens (tertiary/aromatic N) is 1. The molecule has 1 aliphatic rings. The van der Waals surface area contributed by atoms with E-state index < -0.39 is 37.4 Å². The Hall–Kier alpha value is -2.89. The molecule has 0 aromatic heterocycles. The van der Waals surface area contributed by atoms with Crippen molar-refractivity contribution in [2.75, 3.05) is 57.6 Å². The summed E-state index contributed by atoms with van der Waals surface area (Å²) >= 11 is 0. The van der Waals surface area contributed by atoms with Gasteiger partial charge in [-0.25, -0.2) is 4.79 Å². The van der Waals surface area contributed by atoms with Gasteiger partial charge in [0.05, 0.1) is 44.1 Å². The van der Waals surface area contributed by atoms with Crippen molar-refractivity contribution < 1.29 is 39.4 Å². The van der Waals surface area contributed by atoms with E-state index in [4.69, 9.17) is 40.4 Å². The predicted molar refractivity (Wildman–Crippen MR) is 131 cm³/mol. The van der Waals surface area contributed by atoms with Gasteiger partial charge in [0.25, 0.3) is 0 Å². The molecule has 194 valence electrons. The number of aliphatic hydroxyl groups excluding tert-OH is 3. The minimum Gasteiger partial charge on any atom is -0.492 e. The van der Waals surface area contributed by atoms with Gasteiger partial charge in [0.15, 0.2) is 6.10 Å². The third-order valence-corrected chi connectivity index (χ3v) is 5.39. The fourth-order valence-corrected chi connectivity index (χ4v) is 3.24. The molecule has 1 atom stereocenters. The van der Waals surface area contributed by atoms with Crippen molar-refractivity contribution >= 4 is 11.7 Å². The molecule has 10 heteroatoms. The molecule has 1 heterocycles. The first kappa shape index (κ1) is 28.3. The lowest BCUT2D eigenvalue weighted by Crippen LogP contribution is -2.50. The topological polar surface area (TPSA) is 155 Å². The summed E-state index contributed by atoms with van der Waals surface area (Å²) in [7, 11) is 0. The van der Waals surface area contributed by atoms with Crippen molar-refractivity contribution in [3.8, 4) is 11.5 Å². The van der Waals surface area contributed by atoms with E-state index in [1.165, 1.54) is 0 Å². The highest BCUT2D eigenvalue weighted by atomic mass is 16.5. The zero-order chi connectivity index (χ0) is 25.7. The highest BCUT2D eigenvalue weighted by Crippen LogP contribution is 2.30. The Balaban J connectivity index is 0.000000466. The smallest absolute Gasteiger partial charge is 0.333 e. The number of carboxylic acids is 1. The Morgan fingerprint density at radius 2 is 1.77 bits per heavy atom. The number of aliphatic carboxylic acids is 1. The van der Waals surface area contributed by atoms with E-state index in [0.29, 0.717) is 26.2 Å². The first-order valence-corrected chi connectivity index (χ1v) is 11.5. The molecule has 2 aromatic rings. The summed E-state index contributed by atoms with van der Waals surface area (Å²) in [4.78, 5) is 13.4. The Morgan fingerprint density at radius 3 is 2.34 bits per heavy atom. The predicted octanol–water partition coefficient (Wildman–Crippen LogP) is 0.657. The van der Waals surface area contributed by atoms with E-state index in [2.05, 4.69) is 11.0 Å². The zero-order valence-electron chi connectivity index (χ0n) is 20.0. The largest absolute Gasteiger partial charge is 0.492 e. The van der Waals surface area contributed by atoms with Gasteiger partial charge in [-0.05, 0) is 36.8 Å². The normalized spacial score (nSPS) is 13.7. The standard InChI is InChI=1S/C21H25NO5.C4H11NO3/c1-2-25-20(21(23)24)15-16-7-9-17(10-8-16)26-13-11-22-12-14-27-19-6-4-3-5-18(19)22;5-4(1-6,2-7)3-8/h3-10,20H,2,11-15H2,1H3,(H,23,24);6-8H,1-3,5H2. The molecule has 0 radical (unpaired) electrons. The molecule has 3 rings (SSSR count). The van der Waals surface area contributed by atoms with E-state index in [1.54, 1.807) is 6.92 Å². The molecular formula is C25H36N2O8. The summed E-state index contributed by atoms with van der Waals surface area (Å²) in [6.45, 7) is 3.81. The lowest BCUT2D eigenvalue weighted by atomic mass is 10.1. The number of fused-ring (bicyclic) bond motifs is 1. The Morgan fingerprint density at radius 1 is 1.11 bits per heavy atom. The SMILES string of the molecule is CCOC(Cc1ccc(OCCN2CCOc3ccccc32)cc1)C(=O)O.NC(CO)(CO)CO. The summed E-state index contributed by atoms with van der Waals surface area (Å²) < 4.78 is 16.8. The van der Waals surface area contributed by atoms with Crippen LogP contribution in [0.3, 0.4) is 0 Å². The van der Waals surface area contributed by atoms with Gasteiger partial charge in [-0.3, -0.25) is 0 Å². The molecular weight excluding hydrogens is 456 g/mol.